The number of phenolic OH excluding ortho intramolecular Hbond substituents is 1. The number of carbonyl (C=O) groups excluding carboxylic acids is 2. The van der Waals surface area contributed by atoms with Crippen LogP contribution in [0.4, 0.5) is 9.59 Å². The third kappa shape index (κ3) is 26.3. The lowest BCUT2D eigenvalue weighted by Gasteiger charge is -2.11. The number of aliphatic hydroxyl groups is 1. The SMILES string of the molecule is CN(C)CCOCCO.CN(C)CCOCCOc1ccc(CCNC(=O)OCc2ccccc2)cc1.O=C(NCCc1ccc(O)cc1)OCc1ccccc1. The summed E-state index contributed by atoms with van der Waals surface area (Å²) in [6, 6.07) is 33.9. The van der Waals surface area contributed by atoms with Crippen molar-refractivity contribution in [3.8, 4) is 11.5 Å². The van der Waals surface area contributed by atoms with Crippen LogP contribution in [0.5, 0.6) is 11.5 Å². The van der Waals surface area contributed by atoms with E-state index in [1.807, 2.05) is 130 Å². The number of likely N-dealkylation sites (N-methyl/N-ethyl adjacent to an activating group) is 2. The number of alkyl carbamates (subject to hydrolysis) is 2. The Bertz CT molecular complexity index is 1580. The number of carbonyl (C=O) groups is 2. The minimum Gasteiger partial charge on any atom is -0.508 e. The molecule has 0 heterocycles. The maximum atomic E-state index is 11.7. The van der Waals surface area contributed by atoms with E-state index >= 15 is 0 Å². The van der Waals surface area contributed by atoms with Crippen molar-refractivity contribution in [1.29, 1.82) is 0 Å². The summed E-state index contributed by atoms with van der Waals surface area (Å²) in [4.78, 5) is 27.3. The van der Waals surface area contributed by atoms with Gasteiger partial charge in [-0.1, -0.05) is 84.9 Å². The first kappa shape index (κ1) is 48.0. The van der Waals surface area contributed by atoms with E-state index in [4.69, 9.17) is 33.9 Å². The van der Waals surface area contributed by atoms with E-state index < -0.39 is 12.2 Å². The van der Waals surface area contributed by atoms with E-state index in [9.17, 15) is 9.59 Å². The first-order chi connectivity index (χ1) is 27.6. The van der Waals surface area contributed by atoms with Crippen molar-refractivity contribution >= 4 is 12.2 Å². The molecule has 0 aliphatic heterocycles. The number of rotatable bonds is 22. The second kappa shape index (κ2) is 31.0. The molecule has 0 bridgehead atoms. The Morgan fingerprint density at radius 1 is 0.544 bits per heavy atom. The van der Waals surface area contributed by atoms with Gasteiger partial charge in [0.1, 0.15) is 31.3 Å². The summed E-state index contributed by atoms with van der Waals surface area (Å²) in [5.74, 6) is 1.05. The van der Waals surface area contributed by atoms with Crippen LogP contribution in [-0.2, 0) is 45.0 Å². The van der Waals surface area contributed by atoms with Crippen LogP contribution in [0.1, 0.15) is 22.3 Å². The highest BCUT2D eigenvalue weighted by Gasteiger charge is 2.04. The third-order valence-corrected chi connectivity index (χ3v) is 7.75. The maximum absolute atomic E-state index is 11.7. The fourth-order valence-electron chi connectivity index (χ4n) is 4.56. The van der Waals surface area contributed by atoms with Gasteiger partial charge < -0.3 is 54.3 Å². The number of hydrogen-bond acceptors (Lipinski definition) is 11. The molecular weight excluding hydrogens is 729 g/mol. The molecule has 0 atom stereocenters. The summed E-state index contributed by atoms with van der Waals surface area (Å²) in [5, 5.41) is 22.9. The fraction of sp³-hybridized carbons (Fsp3) is 0.409. The van der Waals surface area contributed by atoms with Crippen molar-refractivity contribution in [2.45, 2.75) is 26.1 Å². The van der Waals surface area contributed by atoms with Crippen molar-refractivity contribution in [3.63, 3.8) is 0 Å². The summed E-state index contributed by atoms with van der Waals surface area (Å²) >= 11 is 0. The van der Waals surface area contributed by atoms with Gasteiger partial charge in [0.25, 0.3) is 0 Å². The molecule has 13 heteroatoms. The lowest BCUT2D eigenvalue weighted by Crippen LogP contribution is -2.26. The smallest absolute Gasteiger partial charge is 0.407 e. The minimum atomic E-state index is -0.423. The summed E-state index contributed by atoms with van der Waals surface area (Å²) in [7, 11) is 8.01. The average molecular weight is 791 g/mol. The van der Waals surface area contributed by atoms with Gasteiger partial charge >= 0.3 is 12.2 Å². The molecule has 0 fully saturated rings. The summed E-state index contributed by atoms with van der Waals surface area (Å²) in [5.41, 5.74) is 4.10. The van der Waals surface area contributed by atoms with Gasteiger partial charge in [-0.2, -0.15) is 0 Å². The van der Waals surface area contributed by atoms with Gasteiger partial charge in [-0.15, -0.1) is 0 Å². The number of benzene rings is 4. The Morgan fingerprint density at radius 3 is 1.42 bits per heavy atom. The van der Waals surface area contributed by atoms with E-state index in [1.54, 1.807) is 12.1 Å². The van der Waals surface area contributed by atoms with Gasteiger partial charge in [-0.25, -0.2) is 9.59 Å². The summed E-state index contributed by atoms with van der Waals surface area (Å²) < 4.78 is 26.4. The van der Waals surface area contributed by atoms with Crippen LogP contribution in [0, 0.1) is 0 Å². The van der Waals surface area contributed by atoms with E-state index in [-0.39, 0.29) is 25.6 Å². The van der Waals surface area contributed by atoms with Crippen molar-refractivity contribution < 1.29 is 43.5 Å². The van der Waals surface area contributed by atoms with Crippen molar-refractivity contribution in [2.24, 2.45) is 0 Å². The largest absolute Gasteiger partial charge is 0.508 e. The Kier molecular flexibility index (Phi) is 26.1. The lowest BCUT2D eigenvalue weighted by molar-refractivity contribution is 0.0821. The number of nitrogens with one attached hydrogen (secondary N) is 2. The quantitative estimate of drug-likeness (QED) is 0.0745. The van der Waals surface area contributed by atoms with Crippen LogP contribution in [0.2, 0.25) is 0 Å². The number of ether oxygens (including phenoxy) is 5. The third-order valence-electron chi connectivity index (χ3n) is 7.75. The first-order valence-corrected chi connectivity index (χ1v) is 19.1. The molecule has 2 amide bonds. The summed E-state index contributed by atoms with van der Waals surface area (Å²) in [6.07, 6.45) is 0.598. The fourth-order valence-corrected chi connectivity index (χ4v) is 4.56. The highest BCUT2D eigenvalue weighted by atomic mass is 16.6. The molecule has 0 aliphatic carbocycles. The predicted molar refractivity (Wildman–Crippen MR) is 223 cm³/mol. The molecule has 4 rings (SSSR count). The Balaban J connectivity index is 0.000000335. The number of aromatic hydroxyl groups is 1. The first-order valence-electron chi connectivity index (χ1n) is 19.1. The number of aliphatic hydroxyl groups excluding tert-OH is 1. The molecule has 0 saturated heterocycles. The standard InChI is InChI=1S/C22H30N2O4.C16H17NO3.C6H15NO2/c1-24(2)14-15-26-16-17-27-21-10-8-19(9-11-21)12-13-23-22(25)28-18-20-6-4-3-5-7-20;18-15-8-6-13(7-9-15)10-11-17-16(19)20-12-14-4-2-1-3-5-14;1-7(2)3-5-9-6-4-8/h3-11H,12-18H2,1-2H3,(H,23,25);1-9,18H,10-12H2,(H,17,19);8H,3-6H2,1-2H3. The molecule has 0 aliphatic rings. The number of nitrogens with zero attached hydrogens (tertiary/aromatic N) is 2. The van der Waals surface area contributed by atoms with Crippen molar-refractivity contribution in [1.82, 2.24) is 20.4 Å². The van der Waals surface area contributed by atoms with Crippen LogP contribution in [0.25, 0.3) is 0 Å². The van der Waals surface area contributed by atoms with Gasteiger partial charge in [-0.05, 0) is 87.6 Å². The van der Waals surface area contributed by atoms with Gasteiger partial charge in [0.05, 0.1) is 33.0 Å². The monoisotopic (exact) mass is 790 g/mol. The van der Waals surface area contributed by atoms with Crippen molar-refractivity contribution in [2.75, 3.05) is 94.0 Å². The molecular formula is C44H62N4O9. The Hall–Kier alpha value is -5.18. The van der Waals surface area contributed by atoms with E-state index in [0.717, 1.165) is 47.5 Å². The van der Waals surface area contributed by atoms with Gasteiger partial charge in [0.2, 0.25) is 0 Å². The van der Waals surface area contributed by atoms with Gasteiger partial charge in [0, 0.05) is 26.2 Å². The maximum Gasteiger partial charge on any atom is 0.407 e. The molecule has 13 nitrogen and oxygen atoms in total. The normalized spacial score (nSPS) is 10.4. The second-order valence-corrected chi connectivity index (χ2v) is 13.2. The average Bonchev–Trinajstić information content (AvgIpc) is 3.21. The molecule has 0 unspecified atom stereocenters. The zero-order chi connectivity index (χ0) is 41.4. The molecule has 4 N–H and O–H groups in total. The van der Waals surface area contributed by atoms with E-state index in [2.05, 4.69) is 15.5 Å². The number of phenols is 1. The molecule has 0 aromatic heterocycles. The molecule has 4 aromatic carbocycles. The summed E-state index contributed by atoms with van der Waals surface area (Å²) in [6.45, 7) is 6.47. The van der Waals surface area contributed by atoms with Gasteiger partial charge in [0.15, 0.2) is 0 Å². The lowest BCUT2D eigenvalue weighted by atomic mass is 10.1. The highest BCUT2D eigenvalue weighted by molar-refractivity contribution is 5.67. The van der Waals surface area contributed by atoms with Crippen molar-refractivity contribution in [3.05, 3.63) is 131 Å². The van der Waals surface area contributed by atoms with Crippen LogP contribution < -0.4 is 15.4 Å². The van der Waals surface area contributed by atoms with Crippen LogP contribution >= 0.6 is 0 Å². The predicted octanol–water partition coefficient (Wildman–Crippen LogP) is 5.53. The number of amides is 2. The van der Waals surface area contributed by atoms with E-state index in [1.165, 1.54) is 0 Å². The molecule has 0 radical (unpaired) electrons. The molecule has 4 aromatic rings. The Morgan fingerprint density at radius 2 is 0.982 bits per heavy atom. The zero-order valence-corrected chi connectivity index (χ0v) is 33.9. The Labute approximate surface area is 338 Å². The minimum absolute atomic E-state index is 0.118. The molecule has 0 spiro atoms. The van der Waals surface area contributed by atoms with Crippen LogP contribution in [-0.4, -0.2) is 126 Å². The van der Waals surface area contributed by atoms with E-state index in [0.29, 0.717) is 52.5 Å². The second-order valence-electron chi connectivity index (χ2n) is 13.2. The molecule has 57 heavy (non-hydrogen) atoms. The highest BCUT2D eigenvalue weighted by Crippen LogP contribution is 2.13. The molecule has 312 valence electrons. The zero-order valence-electron chi connectivity index (χ0n) is 33.9. The number of hydrogen-bond donors (Lipinski definition) is 4. The van der Waals surface area contributed by atoms with Crippen LogP contribution in [0.15, 0.2) is 109 Å². The van der Waals surface area contributed by atoms with Gasteiger partial charge in [-0.3, -0.25) is 0 Å². The molecule has 0 saturated carbocycles. The van der Waals surface area contributed by atoms with Crippen LogP contribution in [0.3, 0.4) is 0 Å². The topological polar surface area (TPSA) is 151 Å².